The molecule has 0 unspecified atom stereocenters. The van der Waals surface area contributed by atoms with Gasteiger partial charge in [0.1, 0.15) is 10.9 Å². The lowest BCUT2D eigenvalue weighted by Gasteiger charge is -2.32. The SMILES string of the molecule is CCOc1cc(Cl)nc(B2OC(C)(C)C(C)(C)O2)c1. The highest BCUT2D eigenvalue weighted by Gasteiger charge is 2.52. The molecule has 0 spiro atoms. The molecular formula is C13H19BClNO3. The minimum atomic E-state index is -0.525. The van der Waals surface area contributed by atoms with Crippen LogP contribution >= 0.6 is 11.6 Å². The van der Waals surface area contributed by atoms with Crippen LogP contribution in [-0.4, -0.2) is 29.9 Å². The van der Waals surface area contributed by atoms with Crippen molar-refractivity contribution in [2.75, 3.05) is 6.61 Å². The third kappa shape index (κ3) is 2.88. The molecule has 19 heavy (non-hydrogen) atoms. The van der Waals surface area contributed by atoms with Crippen LogP contribution in [0.3, 0.4) is 0 Å². The van der Waals surface area contributed by atoms with Crippen LogP contribution in [0, 0.1) is 0 Å². The maximum absolute atomic E-state index is 6.00. The lowest BCUT2D eigenvalue weighted by Crippen LogP contribution is -2.41. The summed E-state index contributed by atoms with van der Waals surface area (Å²) in [7, 11) is -0.525. The zero-order valence-electron chi connectivity index (χ0n) is 12.0. The molecule has 1 aliphatic rings. The van der Waals surface area contributed by atoms with Gasteiger partial charge in [0.05, 0.1) is 23.4 Å². The quantitative estimate of drug-likeness (QED) is 0.631. The monoisotopic (exact) mass is 283 g/mol. The molecule has 4 nitrogen and oxygen atoms in total. The lowest BCUT2D eigenvalue weighted by molar-refractivity contribution is 0.00578. The molecule has 0 aromatic carbocycles. The Morgan fingerprint density at radius 3 is 2.32 bits per heavy atom. The fourth-order valence-corrected chi connectivity index (χ4v) is 2.03. The Hall–Kier alpha value is -0.775. The first-order valence-corrected chi connectivity index (χ1v) is 6.79. The molecule has 0 radical (unpaired) electrons. The van der Waals surface area contributed by atoms with Gasteiger partial charge in [-0.15, -0.1) is 0 Å². The summed E-state index contributed by atoms with van der Waals surface area (Å²) in [5, 5.41) is 0.371. The number of pyridine rings is 1. The van der Waals surface area contributed by atoms with Crippen molar-refractivity contribution >= 4 is 24.3 Å². The molecule has 1 aromatic rings. The Morgan fingerprint density at radius 2 is 1.79 bits per heavy atom. The fourth-order valence-electron chi connectivity index (χ4n) is 1.83. The molecule has 1 aromatic heterocycles. The fraction of sp³-hybridized carbons (Fsp3) is 0.615. The van der Waals surface area contributed by atoms with E-state index in [4.69, 9.17) is 25.6 Å². The molecule has 0 atom stereocenters. The van der Waals surface area contributed by atoms with Crippen LogP contribution in [0.25, 0.3) is 0 Å². The molecule has 2 heterocycles. The first kappa shape index (κ1) is 14.6. The highest BCUT2D eigenvalue weighted by molar-refractivity contribution is 6.61. The Kier molecular flexibility index (Phi) is 3.82. The molecule has 0 bridgehead atoms. The highest BCUT2D eigenvalue weighted by atomic mass is 35.5. The zero-order chi connectivity index (χ0) is 14.3. The molecule has 1 fully saturated rings. The molecule has 104 valence electrons. The second-order valence-electron chi connectivity index (χ2n) is 5.57. The number of hydrogen-bond donors (Lipinski definition) is 0. The van der Waals surface area contributed by atoms with Crippen molar-refractivity contribution in [1.29, 1.82) is 0 Å². The molecule has 0 amide bonds. The second-order valence-corrected chi connectivity index (χ2v) is 5.96. The van der Waals surface area contributed by atoms with Crippen molar-refractivity contribution in [3.8, 4) is 5.75 Å². The van der Waals surface area contributed by atoms with Crippen LogP contribution in [0.1, 0.15) is 34.6 Å². The van der Waals surface area contributed by atoms with E-state index < -0.39 is 18.3 Å². The Labute approximate surface area is 119 Å². The van der Waals surface area contributed by atoms with E-state index >= 15 is 0 Å². The van der Waals surface area contributed by atoms with Gasteiger partial charge in [0, 0.05) is 6.07 Å². The summed E-state index contributed by atoms with van der Waals surface area (Å²) in [4.78, 5) is 4.26. The van der Waals surface area contributed by atoms with E-state index in [-0.39, 0.29) is 0 Å². The van der Waals surface area contributed by atoms with E-state index in [9.17, 15) is 0 Å². The van der Waals surface area contributed by atoms with Crippen molar-refractivity contribution < 1.29 is 14.0 Å². The van der Waals surface area contributed by atoms with E-state index in [1.807, 2.05) is 34.6 Å². The molecule has 0 N–H and O–H groups in total. The van der Waals surface area contributed by atoms with Gasteiger partial charge < -0.3 is 14.0 Å². The van der Waals surface area contributed by atoms with Gasteiger partial charge in [-0.05, 0) is 40.7 Å². The van der Waals surface area contributed by atoms with Crippen LogP contribution in [0.2, 0.25) is 5.15 Å². The van der Waals surface area contributed by atoms with E-state index in [0.29, 0.717) is 23.1 Å². The minimum absolute atomic E-state index is 0.371. The maximum Gasteiger partial charge on any atom is 0.514 e. The summed E-state index contributed by atoms with van der Waals surface area (Å²) in [5.74, 6) is 0.673. The second kappa shape index (κ2) is 4.96. The van der Waals surface area contributed by atoms with E-state index in [2.05, 4.69) is 4.98 Å². The summed E-state index contributed by atoms with van der Waals surface area (Å²) in [5.41, 5.74) is -0.157. The zero-order valence-corrected chi connectivity index (χ0v) is 12.7. The van der Waals surface area contributed by atoms with Crippen LogP contribution in [0.5, 0.6) is 5.75 Å². The predicted molar refractivity (Wildman–Crippen MR) is 76.1 cm³/mol. The number of aromatic nitrogens is 1. The average Bonchev–Trinajstić information content (AvgIpc) is 2.48. The summed E-state index contributed by atoms with van der Waals surface area (Å²) >= 11 is 6.00. The first-order chi connectivity index (χ1) is 8.75. The number of ether oxygens (including phenoxy) is 1. The first-order valence-electron chi connectivity index (χ1n) is 6.41. The van der Waals surface area contributed by atoms with Crippen molar-refractivity contribution in [2.45, 2.75) is 45.8 Å². The number of hydrogen-bond acceptors (Lipinski definition) is 4. The molecule has 2 rings (SSSR count). The van der Waals surface area contributed by atoms with E-state index in [0.717, 1.165) is 0 Å². The number of rotatable bonds is 3. The van der Waals surface area contributed by atoms with Gasteiger partial charge in [0.2, 0.25) is 0 Å². The average molecular weight is 284 g/mol. The van der Waals surface area contributed by atoms with Crippen LogP contribution in [-0.2, 0) is 9.31 Å². The lowest BCUT2D eigenvalue weighted by atomic mass is 9.84. The third-order valence-electron chi connectivity index (χ3n) is 3.59. The summed E-state index contributed by atoms with van der Waals surface area (Å²) in [6.07, 6.45) is 0. The van der Waals surface area contributed by atoms with Gasteiger partial charge in [-0.1, -0.05) is 11.6 Å². The van der Waals surface area contributed by atoms with Crippen molar-refractivity contribution in [1.82, 2.24) is 4.98 Å². The molecular weight excluding hydrogens is 264 g/mol. The smallest absolute Gasteiger partial charge is 0.494 e. The van der Waals surface area contributed by atoms with E-state index in [1.165, 1.54) is 0 Å². The Morgan fingerprint density at radius 1 is 1.21 bits per heavy atom. The molecule has 0 aliphatic carbocycles. The Bertz CT molecular complexity index is 463. The third-order valence-corrected chi connectivity index (χ3v) is 3.79. The van der Waals surface area contributed by atoms with Crippen LogP contribution in [0.15, 0.2) is 12.1 Å². The van der Waals surface area contributed by atoms with Crippen molar-refractivity contribution in [3.05, 3.63) is 17.3 Å². The van der Waals surface area contributed by atoms with Gasteiger partial charge >= 0.3 is 7.12 Å². The molecule has 0 saturated carbocycles. The number of nitrogens with zero attached hydrogens (tertiary/aromatic N) is 1. The van der Waals surface area contributed by atoms with Gasteiger partial charge in [-0.25, -0.2) is 4.98 Å². The summed E-state index contributed by atoms with van der Waals surface area (Å²) in [6.45, 7) is 10.5. The standard InChI is InChI=1S/C13H19BClNO3/c1-6-17-9-7-10(16-11(15)8-9)14-18-12(2,3)13(4,5)19-14/h7-8H,6H2,1-5H3. The Balaban J connectivity index is 2.29. The highest BCUT2D eigenvalue weighted by Crippen LogP contribution is 2.36. The van der Waals surface area contributed by atoms with Gasteiger partial charge in [0.15, 0.2) is 0 Å². The normalized spacial score (nSPS) is 20.6. The van der Waals surface area contributed by atoms with Crippen molar-refractivity contribution in [2.24, 2.45) is 0 Å². The van der Waals surface area contributed by atoms with Crippen molar-refractivity contribution in [3.63, 3.8) is 0 Å². The van der Waals surface area contributed by atoms with E-state index in [1.54, 1.807) is 12.1 Å². The van der Waals surface area contributed by atoms with Crippen LogP contribution in [0.4, 0.5) is 0 Å². The summed E-state index contributed by atoms with van der Waals surface area (Å²) in [6, 6.07) is 3.48. The van der Waals surface area contributed by atoms with Crippen LogP contribution < -0.4 is 10.3 Å². The van der Waals surface area contributed by atoms with Gasteiger partial charge in [-0.2, -0.15) is 0 Å². The predicted octanol–water partition coefficient (Wildman–Crippen LogP) is 2.43. The largest absolute Gasteiger partial charge is 0.514 e. The summed E-state index contributed by atoms with van der Waals surface area (Å²) < 4.78 is 17.3. The van der Waals surface area contributed by atoms with Gasteiger partial charge in [-0.3, -0.25) is 0 Å². The maximum atomic E-state index is 6.00. The topological polar surface area (TPSA) is 40.6 Å². The van der Waals surface area contributed by atoms with Gasteiger partial charge in [0.25, 0.3) is 0 Å². The minimum Gasteiger partial charge on any atom is -0.494 e. The molecule has 6 heteroatoms. The number of halogens is 1. The molecule has 1 aliphatic heterocycles. The molecule has 1 saturated heterocycles.